The molecule has 0 saturated carbocycles. The van der Waals surface area contributed by atoms with Gasteiger partial charge in [-0.1, -0.05) is 0 Å². The zero-order valence-corrected chi connectivity index (χ0v) is 4.49. The van der Waals surface area contributed by atoms with E-state index in [1.54, 1.807) is 13.0 Å². The van der Waals surface area contributed by atoms with Crippen LogP contribution in [0.4, 0.5) is 0 Å². The Morgan fingerprint density at radius 2 is 2.29 bits per heavy atom. The summed E-state index contributed by atoms with van der Waals surface area (Å²) in [5, 5.41) is 0. The molecule has 0 fully saturated rings. The highest BCUT2D eigenvalue weighted by Crippen LogP contribution is 2.02. The molecule has 0 radical (unpaired) electrons. The van der Waals surface area contributed by atoms with Crippen LogP contribution in [-0.2, 0) is 0 Å². The van der Waals surface area contributed by atoms with Crippen molar-refractivity contribution >= 4 is 0 Å². The van der Waals surface area contributed by atoms with E-state index in [0.717, 1.165) is 5.76 Å². The molecule has 0 atom stereocenters. The first-order chi connectivity index (χ1) is 3.70. The average molecular weight is 97.1 g/mol. The lowest BCUT2D eigenvalue weighted by Crippen LogP contribution is -1.53. The molecule has 0 N–H and O–H groups in total. The van der Waals surface area contributed by atoms with Crippen molar-refractivity contribution in [1.29, 1.82) is 0 Å². The average Bonchev–Trinajstić information content (AvgIpc) is 1.85. The summed E-state index contributed by atoms with van der Waals surface area (Å²) in [5.74, 6) is 1.51. The van der Waals surface area contributed by atoms with Crippen molar-refractivity contribution in [3.63, 3.8) is 0 Å². The van der Waals surface area contributed by atoms with Crippen LogP contribution in [0, 0.1) is 13.8 Å². The lowest BCUT2D eigenvalue weighted by Gasteiger charge is -1.76. The summed E-state index contributed by atoms with van der Waals surface area (Å²) in [7, 11) is 0. The molecule has 1 heteroatoms. The third-order valence-corrected chi connectivity index (χ3v) is 0.793. The van der Waals surface area contributed by atoms with Gasteiger partial charge in [-0.15, -0.1) is 0 Å². The van der Waals surface area contributed by atoms with Gasteiger partial charge in [-0.3, -0.25) is 0 Å². The third kappa shape index (κ3) is 0.829. The van der Waals surface area contributed by atoms with Crippen LogP contribution in [0.25, 0.3) is 0 Å². The lowest BCUT2D eigenvalue weighted by atomic mass is 10.5. The molecule has 0 spiro atoms. The van der Waals surface area contributed by atoms with E-state index in [1.807, 2.05) is 6.92 Å². The highest BCUT2D eigenvalue weighted by molar-refractivity contribution is 5.02. The van der Waals surface area contributed by atoms with E-state index in [-0.39, 0.29) is 0 Å². The first-order valence-electron chi connectivity index (χ1n) is 2.74. The van der Waals surface area contributed by atoms with Gasteiger partial charge in [0.25, 0.3) is 0 Å². The summed E-state index contributed by atoms with van der Waals surface area (Å²) in [5.41, 5.74) is 0. The molecule has 38 valence electrons. The van der Waals surface area contributed by atoms with Gasteiger partial charge in [0.2, 0.25) is 0 Å². The summed E-state index contributed by atoms with van der Waals surface area (Å²) >= 11 is 0. The Balaban J connectivity index is 3.14. The van der Waals surface area contributed by atoms with E-state index in [0.29, 0.717) is 11.8 Å². The van der Waals surface area contributed by atoms with E-state index in [4.69, 9.17) is 5.79 Å². The van der Waals surface area contributed by atoms with Crippen LogP contribution in [-0.4, -0.2) is 0 Å². The highest BCUT2D eigenvalue weighted by Gasteiger charge is 1.85. The summed E-state index contributed by atoms with van der Waals surface area (Å²) in [4.78, 5) is 0. The smallest absolute Gasteiger partial charge is 0.101 e. The molecule has 0 aliphatic carbocycles. The van der Waals surface area contributed by atoms with Crippen LogP contribution in [0.5, 0.6) is 0 Å². The van der Waals surface area contributed by atoms with Crippen LogP contribution in [0.1, 0.15) is 12.9 Å². The van der Waals surface area contributed by atoms with Crippen molar-refractivity contribution in [3.05, 3.63) is 23.6 Å². The first-order valence-corrected chi connectivity index (χ1v) is 2.24. The van der Waals surface area contributed by atoms with Gasteiger partial charge in [-0.25, -0.2) is 0 Å². The molecule has 0 aromatic carbocycles. The quantitative estimate of drug-likeness (QED) is 0.482. The second-order valence-electron chi connectivity index (χ2n) is 1.56. The number of aryl methyl sites for hydroxylation is 2. The molecular weight excluding hydrogens is 88.1 g/mol. The Hall–Kier alpha value is -0.720. The van der Waals surface area contributed by atoms with Gasteiger partial charge < -0.3 is 4.42 Å². The Morgan fingerprint density at radius 1 is 1.57 bits per heavy atom. The number of rotatable bonds is 0. The largest absolute Gasteiger partial charge is 0.467 e. The van der Waals surface area contributed by atoms with Crippen LogP contribution in [0.2, 0.25) is 0 Å². The fourth-order valence-electron chi connectivity index (χ4n) is 0.504. The molecule has 7 heavy (non-hydrogen) atoms. The molecular formula is C6H8O. The van der Waals surface area contributed by atoms with Crippen LogP contribution in [0.15, 0.2) is 16.5 Å². The molecule has 0 aliphatic heterocycles. The van der Waals surface area contributed by atoms with Gasteiger partial charge in [-0.05, 0) is 26.0 Å². The van der Waals surface area contributed by atoms with E-state index in [1.165, 1.54) is 0 Å². The predicted molar refractivity (Wildman–Crippen MR) is 28.2 cm³/mol. The van der Waals surface area contributed by atoms with E-state index in [9.17, 15) is 0 Å². The number of hydrogen-bond donors (Lipinski definition) is 0. The number of hydrogen-bond acceptors (Lipinski definition) is 1. The molecule has 0 unspecified atom stereocenters. The van der Waals surface area contributed by atoms with Crippen LogP contribution < -0.4 is 0 Å². The Kier molecular flexibility index (Phi) is 0.666. The molecule has 0 aliphatic rings. The Labute approximate surface area is 44.4 Å². The maximum Gasteiger partial charge on any atom is 0.101 e. The Bertz CT molecular complexity index is 171. The van der Waals surface area contributed by atoms with Crippen molar-refractivity contribution in [2.75, 3.05) is 0 Å². The van der Waals surface area contributed by atoms with Gasteiger partial charge in [-0.2, -0.15) is 0 Å². The number of furan rings is 1. The molecule has 1 rings (SSSR count). The minimum Gasteiger partial charge on any atom is -0.467 e. The maximum atomic E-state index is 7.15. The van der Waals surface area contributed by atoms with Crippen molar-refractivity contribution in [1.82, 2.24) is 0 Å². The third-order valence-electron chi connectivity index (χ3n) is 0.793. The van der Waals surface area contributed by atoms with Gasteiger partial charge in [0.1, 0.15) is 11.5 Å². The normalized spacial score (nSPS) is 11.4. The molecule has 0 saturated heterocycles. The van der Waals surface area contributed by atoms with E-state index < -0.39 is 0 Å². The van der Waals surface area contributed by atoms with Gasteiger partial charge >= 0.3 is 0 Å². The Morgan fingerprint density at radius 3 is 2.43 bits per heavy atom. The minimum atomic E-state index is 0.488. The molecule has 1 nitrogen and oxygen atoms in total. The topological polar surface area (TPSA) is 13.1 Å². The monoisotopic (exact) mass is 97.1 g/mol. The summed E-state index contributed by atoms with van der Waals surface area (Å²) in [6.45, 7) is 3.63. The maximum absolute atomic E-state index is 7.15. The van der Waals surface area contributed by atoms with Crippen LogP contribution >= 0.6 is 0 Å². The second kappa shape index (κ2) is 1.41. The molecule has 1 aromatic heterocycles. The van der Waals surface area contributed by atoms with Crippen LogP contribution in [0.3, 0.4) is 0 Å². The standard InChI is InChI=1S/C6H8O/c1-5-3-4-6(2)7-5/h3-4H,1-2H3/i3D. The molecule has 1 heterocycles. The van der Waals surface area contributed by atoms with Crippen molar-refractivity contribution in [3.8, 4) is 0 Å². The molecule has 0 amide bonds. The van der Waals surface area contributed by atoms with Gasteiger partial charge in [0.15, 0.2) is 0 Å². The summed E-state index contributed by atoms with van der Waals surface area (Å²) < 4.78 is 12.2. The predicted octanol–water partition coefficient (Wildman–Crippen LogP) is 1.90. The SMILES string of the molecule is [2H]c1cc(C)oc1C. The zero-order valence-electron chi connectivity index (χ0n) is 5.49. The summed E-state index contributed by atoms with van der Waals surface area (Å²) in [6, 6.07) is 2.19. The van der Waals surface area contributed by atoms with Crippen molar-refractivity contribution < 1.29 is 5.79 Å². The zero-order chi connectivity index (χ0) is 6.15. The van der Waals surface area contributed by atoms with E-state index in [2.05, 4.69) is 0 Å². The first kappa shape index (κ1) is 3.30. The lowest BCUT2D eigenvalue weighted by molar-refractivity contribution is 0.504. The summed E-state index contributed by atoms with van der Waals surface area (Å²) in [6.07, 6.45) is 0. The van der Waals surface area contributed by atoms with Crippen molar-refractivity contribution in [2.45, 2.75) is 13.8 Å². The minimum absolute atomic E-state index is 0.488. The fourth-order valence-corrected chi connectivity index (χ4v) is 0.504. The molecule has 0 bridgehead atoms. The van der Waals surface area contributed by atoms with Gasteiger partial charge in [0, 0.05) is 0 Å². The fraction of sp³-hybridized carbons (Fsp3) is 0.333. The molecule has 1 aromatic rings. The van der Waals surface area contributed by atoms with Gasteiger partial charge in [0.05, 0.1) is 1.37 Å². The van der Waals surface area contributed by atoms with Crippen molar-refractivity contribution in [2.24, 2.45) is 0 Å². The van der Waals surface area contributed by atoms with E-state index >= 15 is 0 Å². The highest BCUT2D eigenvalue weighted by atomic mass is 16.3. The second-order valence-corrected chi connectivity index (χ2v) is 1.56.